The lowest BCUT2D eigenvalue weighted by molar-refractivity contribution is -0.385. The second kappa shape index (κ2) is 5.28. The number of nitro groups is 1. The number of halogens is 1. The van der Waals surface area contributed by atoms with Crippen molar-refractivity contribution in [3.05, 3.63) is 33.6 Å². The number of hydrogen-bond donors (Lipinski definition) is 2. The predicted molar refractivity (Wildman–Crippen MR) is 72.1 cm³/mol. The maximum atomic E-state index is 14.0. The van der Waals surface area contributed by atoms with Crippen molar-refractivity contribution in [1.29, 1.82) is 0 Å². The quantitative estimate of drug-likeness (QED) is 0.653. The molecule has 2 unspecified atom stereocenters. The lowest BCUT2D eigenvalue weighted by atomic mass is 9.94. The van der Waals surface area contributed by atoms with E-state index in [0.717, 1.165) is 6.07 Å². The fraction of sp³-hybridized carbons (Fsp3) is 0.462. The SMILES string of the molecule is CC1OCCC1(C)Nc1cc(C(=O)O)c([N+](=O)[O-])cc1F. The van der Waals surface area contributed by atoms with E-state index in [1.54, 1.807) is 0 Å². The van der Waals surface area contributed by atoms with Crippen LogP contribution in [0.2, 0.25) is 0 Å². The fourth-order valence-corrected chi connectivity index (χ4v) is 2.29. The molecule has 0 aromatic heterocycles. The van der Waals surface area contributed by atoms with Gasteiger partial charge in [0, 0.05) is 6.61 Å². The van der Waals surface area contributed by atoms with E-state index in [1.807, 2.05) is 13.8 Å². The number of anilines is 1. The highest BCUT2D eigenvalue weighted by molar-refractivity contribution is 5.93. The second-order valence-corrected chi connectivity index (χ2v) is 5.22. The van der Waals surface area contributed by atoms with Crippen molar-refractivity contribution in [2.75, 3.05) is 11.9 Å². The van der Waals surface area contributed by atoms with Gasteiger partial charge in [0.1, 0.15) is 5.56 Å². The number of benzene rings is 1. The van der Waals surface area contributed by atoms with Gasteiger partial charge in [-0.05, 0) is 26.3 Å². The van der Waals surface area contributed by atoms with Gasteiger partial charge in [0.15, 0.2) is 5.82 Å². The Labute approximate surface area is 119 Å². The number of carbonyl (C=O) groups is 1. The van der Waals surface area contributed by atoms with Crippen LogP contribution in [0.4, 0.5) is 15.8 Å². The molecule has 2 N–H and O–H groups in total. The first-order valence-electron chi connectivity index (χ1n) is 6.35. The summed E-state index contributed by atoms with van der Waals surface area (Å²) in [6.07, 6.45) is 0.424. The minimum absolute atomic E-state index is 0.0853. The molecule has 1 saturated heterocycles. The standard InChI is InChI=1S/C13H15FN2O5/c1-7-13(2,3-4-21-7)15-10-5-8(12(17)18)11(16(19)20)6-9(10)14/h5-7,15H,3-4H2,1-2H3,(H,17,18). The number of aromatic carboxylic acids is 1. The van der Waals surface area contributed by atoms with Crippen molar-refractivity contribution >= 4 is 17.3 Å². The molecule has 0 amide bonds. The molecule has 0 spiro atoms. The summed E-state index contributed by atoms with van der Waals surface area (Å²) in [5.41, 5.74) is -1.98. The van der Waals surface area contributed by atoms with Crippen LogP contribution in [0.3, 0.4) is 0 Å². The van der Waals surface area contributed by atoms with Gasteiger partial charge in [0.2, 0.25) is 0 Å². The Morgan fingerprint density at radius 3 is 2.76 bits per heavy atom. The van der Waals surface area contributed by atoms with Crippen molar-refractivity contribution in [3.63, 3.8) is 0 Å². The summed E-state index contributed by atoms with van der Waals surface area (Å²) in [4.78, 5) is 21.0. The highest BCUT2D eigenvalue weighted by Crippen LogP contribution is 2.33. The topological polar surface area (TPSA) is 102 Å². The Morgan fingerprint density at radius 1 is 1.62 bits per heavy atom. The number of ether oxygens (including phenoxy) is 1. The van der Waals surface area contributed by atoms with Crippen molar-refractivity contribution in [2.24, 2.45) is 0 Å². The van der Waals surface area contributed by atoms with Crippen LogP contribution in [-0.4, -0.2) is 34.2 Å². The fourth-order valence-electron chi connectivity index (χ4n) is 2.29. The van der Waals surface area contributed by atoms with Crippen LogP contribution in [-0.2, 0) is 4.74 Å². The number of rotatable bonds is 4. The van der Waals surface area contributed by atoms with E-state index in [0.29, 0.717) is 19.1 Å². The third kappa shape index (κ3) is 2.80. The summed E-state index contributed by atoms with van der Waals surface area (Å²) in [6.45, 7) is 4.15. The monoisotopic (exact) mass is 298 g/mol. The summed E-state index contributed by atoms with van der Waals surface area (Å²) in [5.74, 6) is -2.35. The van der Waals surface area contributed by atoms with Crippen LogP contribution < -0.4 is 5.32 Å². The maximum absolute atomic E-state index is 14.0. The molecule has 1 aromatic carbocycles. The lowest BCUT2D eigenvalue weighted by Gasteiger charge is -2.30. The Balaban J connectivity index is 2.43. The van der Waals surface area contributed by atoms with Gasteiger partial charge in [-0.2, -0.15) is 0 Å². The zero-order chi connectivity index (χ0) is 15.8. The van der Waals surface area contributed by atoms with E-state index in [1.165, 1.54) is 0 Å². The number of carboxylic acids is 1. The van der Waals surface area contributed by atoms with Crippen LogP contribution in [0.25, 0.3) is 0 Å². The Kier molecular flexibility index (Phi) is 3.82. The van der Waals surface area contributed by atoms with Crippen molar-refractivity contribution in [3.8, 4) is 0 Å². The van der Waals surface area contributed by atoms with Crippen LogP contribution in [0.5, 0.6) is 0 Å². The molecule has 0 bridgehead atoms. The van der Waals surface area contributed by atoms with Gasteiger partial charge in [-0.25, -0.2) is 9.18 Å². The minimum atomic E-state index is -1.48. The largest absolute Gasteiger partial charge is 0.477 e. The molecule has 2 rings (SSSR count). The van der Waals surface area contributed by atoms with Crippen LogP contribution in [0, 0.1) is 15.9 Å². The second-order valence-electron chi connectivity index (χ2n) is 5.22. The van der Waals surface area contributed by atoms with Crippen molar-refractivity contribution in [1.82, 2.24) is 0 Å². The zero-order valence-corrected chi connectivity index (χ0v) is 11.6. The molecule has 0 radical (unpaired) electrons. The molecule has 0 aliphatic carbocycles. The molecule has 1 heterocycles. The van der Waals surface area contributed by atoms with Gasteiger partial charge >= 0.3 is 5.97 Å². The Bertz CT molecular complexity index is 606. The van der Waals surface area contributed by atoms with Gasteiger partial charge in [-0.3, -0.25) is 10.1 Å². The summed E-state index contributed by atoms with van der Waals surface area (Å²) < 4.78 is 19.4. The molecular formula is C13H15FN2O5. The highest BCUT2D eigenvalue weighted by atomic mass is 19.1. The summed E-state index contributed by atoms with van der Waals surface area (Å²) in [6, 6.07) is 1.57. The highest BCUT2D eigenvalue weighted by Gasteiger charge is 2.38. The summed E-state index contributed by atoms with van der Waals surface area (Å²) >= 11 is 0. The van der Waals surface area contributed by atoms with E-state index < -0.39 is 33.5 Å². The first kappa shape index (κ1) is 15.2. The molecule has 8 heteroatoms. The van der Waals surface area contributed by atoms with Gasteiger partial charge < -0.3 is 15.2 Å². The zero-order valence-electron chi connectivity index (χ0n) is 11.6. The first-order valence-corrected chi connectivity index (χ1v) is 6.35. The molecule has 1 fully saturated rings. The van der Waals surface area contributed by atoms with Gasteiger partial charge in [0.25, 0.3) is 5.69 Å². The van der Waals surface area contributed by atoms with E-state index >= 15 is 0 Å². The normalized spacial score (nSPS) is 24.8. The number of nitrogens with zero attached hydrogens (tertiary/aromatic N) is 1. The van der Waals surface area contributed by atoms with Crippen LogP contribution in [0.15, 0.2) is 12.1 Å². The number of nitro benzene ring substituents is 1. The molecular weight excluding hydrogens is 283 g/mol. The van der Waals surface area contributed by atoms with Crippen LogP contribution >= 0.6 is 0 Å². The third-order valence-corrected chi connectivity index (χ3v) is 3.82. The van der Waals surface area contributed by atoms with Gasteiger partial charge in [0.05, 0.1) is 28.3 Å². The average Bonchev–Trinajstić information content (AvgIpc) is 2.71. The van der Waals surface area contributed by atoms with Crippen molar-refractivity contribution < 1.29 is 24.0 Å². The molecule has 21 heavy (non-hydrogen) atoms. The molecule has 7 nitrogen and oxygen atoms in total. The summed E-state index contributed by atoms with van der Waals surface area (Å²) in [5, 5.41) is 22.7. The van der Waals surface area contributed by atoms with E-state index in [9.17, 15) is 19.3 Å². The molecule has 1 aromatic rings. The van der Waals surface area contributed by atoms with E-state index in [-0.39, 0.29) is 11.8 Å². The average molecular weight is 298 g/mol. The maximum Gasteiger partial charge on any atom is 0.342 e. The Morgan fingerprint density at radius 2 is 2.29 bits per heavy atom. The minimum Gasteiger partial charge on any atom is -0.477 e. The third-order valence-electron chi connectivity index (χ3n) is 3.82. The number of hydrogen-bond acceptors (Lipinski definition) is 5. The number of nitrogens with one attached hydrogen (secondary N) is 1. The van der Waals surface area contributed by atoms with Gasteiger partial charge in [-0.15, -0.1) is 0 Å². The lowest BCUT2D eigenvalue weighted by Crippen LogP contribution is -2.41. The van der Waals surface area contributed by atoms with Crippen molar-refractivity contribution in [2.45, 2.75) is 31.9 Å². The van der Waals surface area contributed by atoms with Crippen LogP contribution in [0.1, 0.15) is 30.6 Å². The molecule has 0 saturated carbocycles. The molecule has 2 atom stereocenters. The first-order chi connectivity index (χ1) is 9.74. The Hall–Kier alpha value is -2.22. The van der Waals surface area contributed by atoms with E-state index in [2.05, 4.69) is 5.32 Å². The van der Waals surface area contributed by atoms with E-state index in [4.69, 9.17) is 9.84 Å². The molecule has 114 valence electrons. The molecule has 1 aliphatic heterocycles. The number of carboxylic acid groups (broad SMARTS) is 1. The van der Waals surface area contributed by atoms with Gasteiger partial charge in [-0.1, -0.05) is 0 Å². The smallest absolute Gasteiger partial charge is 0.342 e. The summed E-state index contributed by atoms with van der Waals surface area (Å²) in [7, 11) is 0. The molecule has 1 aliphatic rings. The predicted octanol–water partition coefficient (Wildman–Crippen LogP) is 2.41.